The first kappa shape index (κ1) is 26.9. The third-order valence-corrected chi connectivity index (χ3v) is 7.12. The molecule has 1 aliphatic rings. The summed E-state index contributed by atoms with van der Waals surface area (Å²) in [5.74, 6) is -1.28. The maximum Gasteiger partial charge on any atom is 0.259 e. The molecule has 0 unspecified atom stereocenters. The first-order valence-electron chi connectivity index (χ1n) is 13.3. The minimum absolute atomic E-state index is 0.158. The standard InChI is InChI=1S/C30H32N6O4/c1-18(31)28(38)33-14-12-25(37)32-13-7-15-36-17-22(20-9-4-6-11-24(20)36)27-26(29(39)34-30(27)40)21-16-35(2)23-10-5-3-8-19(21)23/h3-6,8-11,16-18H,7,12-15,31H2,1-2H3,(H,32,37)(H,33,38)(H,34,39,40)/t18-/m0/s1. The number of rotatable bonds is 10. The summed E-state index contributed by atoms with van der Waals surface area (Å²) in [6, 6.07) is 14.9. The van der Waals surface area contributed by atoms with Gasteiger partial charge in [0.25, 0.3) is 11.8 Å². The lowest BCUT2D eigenvalue weighted by molar-refractivity contribution is -0.124. The second kappa shape index (κ2) is 11.2. The van der Waals surface area contributed by atoms with Crippen molar-refractivity contribution in [2.24, 2.45) is 12.8 Å². The van der Waals surface area contributed by atoms with Crippen molar-refractivity contribution in [2.75, 3.05) is 13.1 Å². The predicted octanol–water partition coefficient (Wildman–Crippen LogP) is 2.06. The number of fused-ring (bicyclic) bond motifs is 2. The zero-order valence-corrected chi connectivity index (χ0v) is 22.5. The molecule has 0 bridgehead atoms. The van der Waals surface area contributed by atoms with E-state index in [1.54, 1.807) is 6.92 Å². The van der Waals surface area contributed by atoms with E-state index >= 15 is 0 Å². The smallest absolute Gasteiger partial charge is 0.259 e. The number of benzene rings is 2. The van der Waals surface area contributed by atoms with Gasteiger partial charge in [-0.15, -0.1) is 0 Å². The van der Waals surface area contributed by atoms with Crippen LogP contribution in [0.5, 0.6) is 0 Å². The van der Waals surface area contributed by atoms with E-state index in [2.05, 4.69) is 16.0 Å². The van der Waals surface area contributed by atoms with Gasteiger partial charge >= 0.3 is 0 Å². The van der Waals surface area contributed by atoms with Gasteiger partial charge in [0, 0.05) is 78.4 Å². The lowest BCUT2D eigenvalue weighted by Crippen LogP contribution is -2.40. The normalized spacial score (nSPS) is 14.2. The topological polar surface area (TPSA) is 140 Å². The Balaban J connectivity index is 1.38. The summed E-state index contributed by atoms with van der Waals surface area (Å²) in [6.07, 6.45) is 4.62. The van der Waals surface area contributed by atoms with Crippen LogP contribution in [-0.4, -0.2) is 51.9 Å². The van der Waals surface area contributed by atoms with Crippen LogP contribution in [0.25, 0.3) is 33.0 Å². The van der Waals surface area contributed by atoms with Crippen molar-refractivity contribution in [2.45, 2.75) is 32.4 Å². The highest BCUT2D eigenvalue weighted by molar-refractivity contribution is 6.50. The molecule has 0 saturated heterocycles. The number of carbonyl (C=O) groups excluding carboxylic acids is 4. The van der Waals surface area contributed by atoms with Crippen LogP contribution in [0.2, 0.25) is 0 Å². The number of carbonyl (C=O) groups is 4. The van der Waals surface area contributed by atoms with Crippen LogP contribution in [0.4, 0.5) is 0 Å². The Morgan fingerprint density at radius 1 is 0.875 bits per heavy atom. The van der Waals surface area contributed by atoms with E-state index in [0.717, 1.165) is 21.8 Å². The van der Waals surface area contributed by atoms with Gasteiger partial charge in [0.15, 0.2) is 0 Å². The van der Waals surface area contributed by atoms with Gasteiger partial charge in [-0.05, 0) is 25.5 Å². The van der Waals surface area contributed by atoms with E-state index in [9.17, 15) is 19.2 Å². The van der Waals surface area contributed by atoms with Crippen molar-refractivity contribution >= 4 is 56.6 Å². The van der Waals surface area contributed by atoms with Crippen LogP contribution in [0, 0.1) is 0 Å². The molecule has 5 N–H and O–H groups in total. The summed E-state index contributed by atoms with van der Waals surface area (Å²) in [6.45, 7) is 2.86. The Morgan fingerprint density at radius 2 is 1.48 bits per heavy atom. The van der Waals surface area contributed by atoms with Crippen molar-refractivity contribution in [1.29, 1.82) is 0 Å². The van der Waals surface area contributed by atoms with Crippen molar-refractivity contribution < 1.29 is 19.2 Å². The van der Waals surface area contributed by atoms with Crippen LogP contribution in [0.15, 0.2) is 60.9 Å². The van der Waals surface area contributed by atoms with E-state index in [4.69, 9.17) is 5.73 Å². The first-order chi connectivity index (χ1) is 19.3. The van der Waals surface area contributed by atoms with Gasteiger partial charge in [-0.25, -0.2) is 0 Å². The van der Waals surface area contributed by atoms with Crippen molar-refractivity contribution in [3.05, 3.63) is 72.1 Å². The summed E-state index contributed by atoms with van der Waals surface area (Å²) in [5.41, 5.74) is 9.54. The molecule has 0 spiro atoms. The minimum atomic E-state index is -0.614. The maximum absolute atomic E-state index is 13.2. The molecule has 4 aromatic rings. The largest absolute Gasteiger partial charge is 0.356 e. The van der Waals surface area contributed by atoms with Gasteiger partial charge in [0.2, 0.25) is 11.8 Å². The number of imide groups is 1. The highest BCUT2D eigenvalue weighted by Crippen LogP contribution is 2.38. The van der Waals surface area contributed by atoms with Crippen molar-refractivity contribution in [3.63, 3.8) is 0 Å². The number of hydrogen-bond donors (Lipinski definition) is 4. The molecule has 3 heterocycles. The Kier molecular flexibility index (Phi) is 7.52. The van der Waals surface area contributed by atoms with Gasteiger partial charge in [-0.3, -0.25) is 24.5 Å². The lowest BCUT2D eigenvalue weighted by atomic mass is 9.95. The molecule has 5 rings (SSSR count). The zero-order valence-electron chi connectivity index (χ0n) is 22.5. The minimum Gasteiger partial charge on any atom is -0.356 e. The Morgan fingerprint density at radius 3 is 2.15 bits per heavy atom. The van der Waals surface area contributed by atoms with Gasteiger partial charge < -0.3 is 25.5 Å². The number of aromatic nitrogens is 2. The quantitative estimate of drug-likeness (QED) is 0.180. The molecular weight excluding hydrogens is 508 g/mol. The van der Waals surface area contributed by atoms with Gasteiger partial charge in [0.1, 0.15) is 0 Å². The fourth-order valence-electron chi connectivity index (χ4n) is 5.17. The number of nitrogens with two attached hydrogens (primary N) is 1. The van der Waals surface area contributed by atoms with Crippen molar-refractivity contribution in [1.82, 2.24) is 25.1 Å². The lowest BCUT2D eigenvalue weighted by Gasteiger charge is -2.09. The molecule has 2 aromatic carbocycles. The predicted molar refractivity (Wildman–Crippen MR) is 154 cm³/mol. The van der Waals surface area contributed by atoms with E-state index in [1.165, 1.54) is 0 Å². The number of aryl methyl sites for hydroxylation is 2. The molecule has 206 valence electrons. The highest BCUT2D eigenvalue weighted by Gasteiger charge is 2.35. The van der Waals surface area contributed by atoms with Crippen LogP contribution < -0.4 is 21.7 Å². The molecule has 10 nitrogen and oxygen atoms in total. The molecule has 1 aliphatic heterocycles. The number of para-hydroxylation sites is 2. The Bertz CT molecular complexity index is 1680. The fraction of sp³-hybridized carbons (Fsp3) is 0.267. The third kappa shape index (κ3) is 5.13. The average Bonchev–Trinajstić information content (AvgIpc) is 3.56. The molecule has 0 fully saturated rings. The zero-order chi connectivity index (χ0) is 28.4. The molecule has 4 amide bonds. The second-order valence-corrected chi connectivity index (χ2v) is 9.99. The van der Waals surface area contributed by atoms with Crippen LogP contribution >= 0.6 is 0 Å². The van der Waals surface area contributed by atoms with E-state index in [-0.39, 0.29) is 24.8 Å². The molecule has 1 atom stereocenters. The monoisotopic (exact) mass is 540 g/mol. The molecule has 2 aromatic heterocycles. The Labute approximate surface area is 231 Å². The molecule has 10 heteroatoms. The average molecular weight is 541 g/mol. The fourth-order valence-corrected chi connectivity index (χ4v) is 5.17. The summed E-state index contributed by atoms with van der Waals surface area (Å²) in [4.78, 5) is 50.0. The number of amides is 4. The number of nitrogens with one attached hydrogen (secondary N) is 3. The summed E-state index contributed by atoms with van der Waals surface area (Å²) < 4.78 is 4.00. The van der Waals surface area contributed by atoms with Gasteiger partial charge in [0.05, 0.1) is 17.2 Å². The summed E-state index contributed by atoms with van der Waals surface area (Å²) in [5, 5.41) is 9.77. The summed E-state index contributed by atoms with van der Waals surface area (Å²) >= 11 is 0. The third-order valence-electron chi connectivity index (χ3n) is 7.12. The maximum atomic E-state index is 13.2. The summed E-state index contributed by atoms with van der Waals surface area (Å²) in [7, 11) is 1.92. The highest BCUT2D eigenvalue weighted by atomic mass is 16.2. The van der Waals surface area contributed by atoms with Crippen LogP contribution in [0.3, 0.4) is 0 Å². The van der Waals surface area contributed by atoms with Crippen LogP contribution in [0.1, 0.15) is 30.9 Å². The van der Waals surface area contributed by atoms with Crippen molar-refractivity contribution in [3.8, 4) is 0 Å². The van der Waals surface area contributed by atoms with Gasteiger partial charge in [-0.2, -0.15) is 0 Å². The van der Waals surface area contributed by atoms with E-state index in [0.29, 0.717) is 41.8 Å². The molecule has 40 heavy (non-hydrogen) atoms. The van der Waals surface area contributed by atoms with E-state index in [1.807, 2.05) is 77.1 Å². The molecule has 0 saturated carbocycles. The van der Waals surface area contributed by atoms with Crippen LogP contribution in [-0.2, 0) is 32.8 Å². The SMILES string of the molecule is C[C@H](N)C(=O)NCCC(=O)NCCCn1cc(C2=C(c3cn(C)c4ccccc34)C(=O)NC2=O)c2ccccc21. The number of nitrogens with zero attached hydrogens (tertiary/aromatic N) is 2. The second-order valence-electron chi connectivity index (χ2n) is 9.99. The Hall–Kier alpha value is -4.70. The molecular formula is C30H32N6O4. The molecule has 0 aliphatic carbocycles. The number of hydrogen-bond acceptors (Lipinski definition) is 5. The molecule has 0 radical (unpaired) electrons. The van der Waals surface area contributed by atoms with E-state index < -0.39 is 17.9 Å². The first-order valence-corrected chi connectivity index (χ1v) is 13.3. The van der Waals surface area contributed by atoms with Gasteiger partial charge in [-0.1, -0.05) is 36.4 Å².